The van der Waals surface area contributed by atoms with E-state index < -0.39 is 0 Å². The Bertz CT molecular complexity index is 491. The summed E-state index contributed by atoms with van der Waals surface area (Å²) in [6, 6.07) is 7.41. The van der Waals surface area contributed by atoms with Crippen LogP contribution in [0.4, 0.5) is 10.5 Å². The number of nitrogens with zero attached hydrogens (tertiary/aromatic N) is 1. The summed E-state index contributed by atoms with van der Waals surface area (Å²) in [5.74, 6) is 5.07. The second-order valence-electron chi connectivity index (χ2n) is 3.23. The van der Waals surface area contributed by atoms with Crippen LogP contribution in [0.5, 0.6) is 0 Å². The molecule has 2 amide bonds. The van der Waals surface area contributed by atoms with Crippen molar-refractivity contribution in [3.8, 4) is 0 Å². The minimum atomic E-state index is -0.347. The number of rotatable bonds is 1. The molecule has 0 aliphatic carbocycles. The fraction of sp³-hybridized carbons (Fsp3) is 0.100. The molecule has 4 N–H and O–H groups in total. The molecule has 15 heavy (non-hydrogen) atoms. The molecule has 5 nitrogen and oxygen atoms in total. The highest BCUT2D eigenvalue weighted by Gasteiger charge is 2.12. The maximum atomic E-state index is 11.3. The van der Waals surface area contributed by atoms with Gasteiger partial charge in [0.05, 0.1) is 5.69 Å². The van der Waals surface area contributed by atoms with E-state index in [0.717, 1.165) is 16.6 Å². The lowest BCUT2D eigenvalue weighted by molar-refractivity contribution is 0.248. The van der Waals surface area contributed by atoms with E-state index in [4.69, 9.17) is 5.84 Å². The molecule has 0 bridgehead atoms. The van der Waals surface area contributed by atoms with Crippen molar-refractivity contribution in [1.82, 2.24) is 10.4 Å². The van der Waals surface area contributed by atoms with Gasteiger partial charge < -0.3 is 4.98 Å². The fourth-order valence-electron chi connectivity index (χ4n) is 1.54. The molecule has 0 fully saturated rings. The van der Waals surface area contributed by atoms with Crippen molar-refractivity contribution in [1.29, 1.82) is 0 Å². The van der Waals surface area contributed by atoms with Crippen LogP contribution in [0.3, 0.4) is 0 Å². The first-order chi connectivity index (χ1) is 7.24. The van der Waals surface area contributed by atoms with Crippen LogP contribution in [0.1, 0.15) is 0 Å². The minimum absolute atomic E-state index is 0.347. The van der Waals surface area contributed by atoms with Crippen molar-refractivity contribution in [3.05, 3.63) is 30.5 Å². The lowest BCUT2D eigenvalue weighted by atomic mass is 10.2. The molecule has 0 saturated heterocycles. The number of carbonyl (C=O) groups excluding carboxylic acids is 1. The van der Waals surface area contributed by atoms with E-state index in [0.29, 0.717) is 0 Å². The van der Waals surface area contributed by atoms with Gasteiger partial charge in [-0.15, -0.1) is 0 Å². The van der Waals surface area contributed by atoms with Gasteiger partial charge in [-0.2, -0.15) is 0 Å². The van der Waals surface area contributed by atoms with Gasteiger partial charge >= 0.3 is 6.03 Å². The molecule has 0 saturated carbocycles. The average molecular weight is 204 g/mol. The summed E-state index contributed by atoms with van der Waals surface area (Å²) in [5.41, 5.74) is 3.88. The van der Waals surface area contributed by atoms with Crippen molar-refractivity contribution in [3.63, 3.8) is 0 Å². The van der Waals surface area contributed by atoms with Crippen LogP contribution in [-0.2, 0) is 0 Å². The molecule has 0 aliphatic rings. The number of carbonyl (C=O) groups is 1. The second-order valence-corrected chi connectivity index (χ2v) is 3.23. The summed E-state index contributed by atoms with van der Waals surface area (Å²) in [4.78, 5) is 15.9. The molecule has 0 aliphatic heterocycles. The zero-order chi connectivity index (χ0) is 10.8. The summed E-state index contributed by atoms with van der Waals surface area (Å²) in [7, 11) is 1.66. The smallest absolute Gasteiger partial charge is 0.335 e. The first kappa shape index (κ1) is 9.54. The number of hydrazine groups is 1. The van der Waals surface area contributed by atoms with E-state index in [1.165, 1.54) is 4.90 Å². The molecular formula is C10H12N4O. The van der Waals surface area contributed by atoms with Gasteiger partial charge in [0.2, 0.25) is 0 Å². The number of hydrogen-bond donors (Lipinski definition) is 3. The molecule has 78 valence electrons. The van der Waals surface area contributed by atoms with E-state index in [-0.39, 0.29) is 6.03 Å². The van der Waals surface area contributed by atoms with Crippen molar-refractivity contribution in [2.75, 3.05) is 11.9 Å². The standard InChI is InChI=1S/C10H12N4O/c1-14(10(15)13-11)9-6-12-8-5-3-2-4-7(8)9/h2-6,12H,11H2,1H3,(H,13,15). The van der Waals surface area contributed by atoms with Crippen LogP contribution < -0.4 is 16.2 Å². The maximum absolute atomic E-state index is 11.3. The predicted molar refractivity (Wildman–Crippen MR) is 59.4 cm³/mol. The Labute approximate surface area is 86.8 Å². The summed E-state index contributed by atoms with van der Waals surface area (Å²) in [6.45, 7) is 0. The van der Waals surface area contributed by atoms with Crippen LogP contribution in [0.2, 0.25) is 0 Å². The highest BCUT2D eigenvalue weighted by Crippen LogP contribution is 2.25. The highest BCUT2D eigenvalue weighted by atomic mass is 16.2. The highest BCUT2D eigenvalue weighted by molar-refractivity contribution is 6.02. The van der Waals surface area contributed by atoms with Crippen molar-refractivity contribution < 1.29 is 4.79 Å². The van der Waals surface area contributed by atoms with Crippen LogP contribution in [0.15, 0.2) is 30.5 Å². The number of aromatic amines is 1. The van der Waals surface area contributed by atoms with Crippen LogP contribution in [0, 0.1) is 0 Å². The molecule has 1 aromatic heterocycles. The largest absolute Gasteiger partial charge is 0.359 e. The number of hydrogen-bond acceptors (Lipinski definition) is 2. The monoisotopic (exact) mass is 204 g/mol. The van der Waals surface area contributed by atoms with Crippen molar-refractivity contribution in [2.24, 2.45) is 5.84 Å². The predicted octanol–water partition coefficient (Wildman–Crippen LogP) is 1.19. The van der Waals surface area contributed by atoms with Gasteiger partial charge in [-0.1, -0.05) is 18.2 Å². The van der Waals surface area contributed by atoms with Gasteiger partial charge in [0, 0.05) is 24.1 Å². The molecule has 0 spiro atoms. The number of nitrogens with one attached hydrogen (secondary N) is 2. The zero-order valence-electron chi connectivity index (χ0n) is 8.32. The van der Waals surface area contributed by atoms with Gasteiger partial charge in [-0.25, -0.2) is 10.6 Å². The number of benzene rings is 1. The Kier molecular flexibility index (Phi) is 2.31. The first-order valence-corrected chi connectivity index (χ1v) is 4.54. The van der Waals surface area contributed by atoms with E-state index in [1.807, 2.05) is 24.3 Å². The minimum Gasteiger partial charge on any atom is -0.359 e. The lowest BCUT2D eigenvalue weighted by Gasteiger charge is -2.14. The van der Waals surface area contributed by atoms with E-state index in [2.05, 4.69) is 10.4 Å². The molecule has 0 unspecified atom stereocenters. The quantitative estimate of drug-likeness (QED) is 0.371. The topological polar surface area (TPSA) is 74.2 Å². The Morgan fingerprint density at radius 2 is 2.20 bits per heavy atom. The van der Waals surface area contributed by atoms with Crippen molar-refractivity contribution >= 4 is 22.6 Å². The number of para-hydroxylation sites is 1. The normalized spacial score (nSPS) is 10.3. The first-order valence-electron chi connectivity index (χ1n) is 4.54. The lowest BCUT2D eigenvalue weighted by Crippen LogP contribution is -2.41. The molecule has 2 aromatic rings. The third-order valence-electron chi connectivity index (χ3n) is 2.36. The number of urea groups is 1. The van der Waals surface area contributed by atoms with Crippen molar-refractivity contribution in [2.45, 2.75) is 0 Å². The van der Waals surface area contributed by atoms with Crippen LogP contribution in [-0.4, -0.2) is 18.1 Å². The maximum Gasteiger partial charge on any atom is 0.335 e. The molecular weight excluding hydrogens is 192 g/mol. The third kappa shape index (κ3) is 1.53. The SMILES string of the molecule is CN(C(=O)NN)c1c[nH]c2ccccc12. The molecule has 0 radical (unpaired) electrons. The van der Waals surface area contributed by atoms with E-state index in [9.17, 15) is 4.79 Å². The molecule has 0 atom stereocenters. The number of fused-ring (bicyclic) bond motifs is 1. The summed E-state index contributed by atoms with van der Waals surface area (Å²) >= 11 is 0. The molecule has 1 heterocycles. The van der Waals surface area contributed by atoms with Crippen LogP contribution in [0.25, 0.3) is 10.9 Å². The third-order valence-corrected chi connectivity index (χ3v) is 2.36. The Morgan fingerprint density at radius 1 is 1.47 bits per heavy atom. The van der Waals surface area contributed by atoms with Crippen LogP contribution >= 0.6 is 0 Å². The van der Waals surface area contributed by atoms with Gasteiger partial charge in [0.25, 0.3) is 0 Å². The molecule has 2 rings (SSSR count). The summed E-state index contributed by atoms with van der Waals surface area (Å²) in [6.07, 6.45) is 1.78. The second kappa shape index (κ2) is 3.62. The Balaban J connectivity index is 2.48. The molecule has 1 aromatic carbocycles. The van der Waals surface area contributed by atoms with Gasteiger partial charge in [0.1, 0.15) is 0 Å². The Hall–Kier alpha value is -2.01. The zero-order valence-corrected chi connectivity index (χ0v) is 8.32. The van der Waals surface area contributed by atoms with E-state index in [1.54, 1.807) is 13.2 Å². The molecule has 5 heteroatoms. The number of amides is 2. The fourth-order valence-corrected chi connectivity index (χ4v) is 1.54. The summed E-state index contributed by atoms with van der Waals surface area (Å²) in [5, 5.41) is 0.989. The van der Waals surface area contributed by atoms with Gasteiger partial charge in [0.15, 0.2) is 0 Å². The number of aromatic nitrogens is 1. The van der Waals surface area contributed by atoms with E-state index >= 15 is 0 Å². The average Bonchev–Trinajstić information content (AvgIpc) is 2.70. The number of anilines is 1. The number of nitrogens with two attached hydrogens (primary N) is 1. The summed E-state index contributed by atoms with van der Waals surface area (Å²) < 4.78 is 0. The van der Waals surface area contributed by atoms with Gasteiger partial charge in [-0.05, 0) is 6.07 Å². The Morgan fingerprint density at radius 3 is 2.93 bits per heavy atom. The van der Waals surface area contributed by atoms with Gasteiger partial charge in [-0.3, -0.25) is 10.3 Å². The number of H-pyrrole nitrogens is 1.